The molecule has 3 aromatic carbocycles. The van der Waals surface area contributed by atoms with Crippen LogP contribution in [0.15, 0.2) is 58.3 Å². The second-order valence-corrected chi connectivity index (χ2v) is 9.64. The molecular formula is C20H12O11S2. The van der Waals surface area contributed by atoms with Gasteiger partial charge in [0.2, 0.25) is 0 Å². The summed E-state index contributed by atoms with van der Waals surface area (Å²) in [5.41, 5.74) is -0.993. The highest BCUT2D eigenvalue weighted by Gasteiger charge is 2.36. The number of hydrogen-bond acceptors (Lipinski definition) is 9. The van der Waals surface area contributed by atoms with Crippen molar-refractivity contribution in [3.63, 3.8) is 0 Å². The summed E-state index contributed by atoms with van der Waals surface area (Å²) in [7, 11) is -10.2. The number of aromatic hydroxyl groups is 2. The highest BCUT2D eigenvalue weighted by atomic mass is 32.2. The van der Waals surface area contributed by atoms with Crippen molar-refractivity contribution in [3.05, 3.63) is 70.8 Å². The topological polar surface area (TPSA) is 193 Å². The van der Waals surface area contributed by atoms with Crippen LogP contribution in [-0.4, -0.2) is 47.7 Å². The smallest absolute Gasteiger partial charge is 0.296 e. The Labute approximate surface area is 186 Å². The summed E-state index contributed by atoms with van der Waals surface area (Å²) in [6.07, 6.45) is 0. The first-order valence-electron chi connectivity index (χ1n) is 8.85. The normalized spacial score (nSPS) is 13.4. The minimum Gasteiger partial charge on any atom is -0.507 e. The minimum atomic E-state index is -5.14. The summed E-state index contributed by atoms with van der Waals surface area (Å²) in [6, 6.07) is 8.60. The second kappa shape index (κ2) is 7.38. The Balaban J connectivity index is 1.86. The van der Waals surface area contributed by atoms with Crippen molar-refractivity contribution in [1.82, 2.24) is 0 Å². The molecule has 0 bridgehead atoms. The first kappa shape index (κ1) is 22.4. The molecule has 13 heteroatoms. The van der Waals surface area contributed by atoms with E-state index in [1.54, 1.807) is 0 Å². The van der Waals surface area contributed by atoms with Gasteiger partial charge in [0, 0.05) is 23.3 Å². The number of phenolic OH excluding ortho intramolecular Hbond substituents is 2. The number of ketones is 2. The zero-order valence-corrected chi connectivity index (χ0v) is 17.7. The van der Waals surface area contributed by atoms with Gasteiger partial charge in [-0.3, -0.25) is 18.7 Å². The van der Waals surface area contributed by atoms with Crippen LogP contribution in [0.1, 0.15) is 31.8 Å². The van der Waals surface area contributed by atoms with E-state index in [1.807, 2.05) is 0 Å². The van der Waals surface area contributed by atoms with Crippen molar-refractivity contribution >= 4 is 31.8 Å². The van der Waals surface area contributed by atoms with Crippen LogP contribution in [0, 0.1) is 0 Å². The Morgan fingerprint density at radius 1 is 0.697 bits per heavy atom. The highest BCUT2D eigenvalue weighted by molar-refractivity contribution is 7.89. The molecule has 33 heavy (non-hydrogen) atoms. The highest BCUT2D eigenvalue weighted by Crippen LogP contribution is 2.45. The van der Waals surface area contributed by atoms with Gasteiger partial charge in [-0.15, -0.1) is 0 Å². The Morgan fingerprint density at radius 2 is 1.24 bits per heavy atom. The van der Waals surface area contributed by atoms with Crippen molar-refractivity contribution in [1.29, 1.82) is 0 Å². The summed E-state index contributed by atoms with van der Waals surface area (Å²) in [6.45, 7) is 0. The summed E-state index contributed by atoms with van der Waals surface area (Å²) < 4.78 is 69.7. The molecule has 0 unspecified atom stereocenters. The van der Waals surface area contributed by atoms with Crippen molar-refractivity contribution in [2.45, 2.75) is 9.79 Å². The van der Waals surface area contributed by atoms with Crippen molar-refractivity contribution in [2.24, 2.45) is 0 Å². The lowest BCUT2D eigenvalue weighted by Gasteiger charge is -2.21. The van der Waals surface area contributed by atoms with Crippen LogP contribution in [-0.2, 0) is 20.2 Å². The van der Waals surface area contributed by atoms with E-state index in [1.165, 1.54) is 24.3 Å². The Kier molecular flexibility index (Phi) is 5.01. The largest absolute Gasteiger partial charge is 0.507 e. The van der Waals surface area contributed by atoms with Crippen LogP contribution in [0.5, 0.6) is 23.0 Å². The average Bonchev–Trinajstić information content (AvgIpc) is 2.73. The van der Waals surface area contributed by atoms with Crippen LogP contribution in [0.2, 0.25) is 0 Å². The molecule has 0 atom stereocenters. The molecule has 0 spiro atoms. The fraction of sp³-hybridized carbons (Fsp3) is 0. The zero-order valence-electron chi connectivity index (χ0n) is 16.1. The number of carbonyl (C=O) groups excluding carboxylic acids is 2. The van der Waals surface area contributed by atoms with E-state index in [4.69, 9.17) is 4.74 Å². The minimum absolute atomic E-state index is 0.0204. The molecule has 11 nitrogen and oxygen atoms in total. The third kappa shape index (κ3) is 3.72. The van der Waals surface area contributed by atoms with Crippen molar-refractivity contribution in [3.8, 4) is 23.0 Å². The van der Waals surface area contributed by atoms with Gasteiger partial charge < -0.3 is 14.9 Å². The summed E-state index contributed by atoms with van der Waals surface area (Å²) in [5, 5.41) is 21.0. The van der Waals surface area contributed by atoms with Gasteiger partial charge in [0.15, 0.2) is 23.1 Å². The number of carbonyl (C=O) groups is 2. The molecule has 0 amide bonds. The van der Waals surface area contributed by atoms with E-state index in [2.05, 4.69) is 0 Å². The molecule has 0 saturated carbocycles. The van der Waals surface area contributed by atoms with Gasteiger partial charge in [-0.2, -0.15) is 16.8 Å². The number of ether oxygens (including phenoxy) is 1. The third-order valence-electron chi connectivity index (χ3n) is 4.81. The average molecular weight is 492 g/mol. The molecule has 1 aliphatic carbocycles. The van der Waals surface area contributed by atoms with Crippen LogP contribution in [0.3, 0.4) is 0 Å². The molecule has 1 aliphatic rings. The summed E-state index contributed by atoms with van der Waals surface area (Å²) in [4.78, 5) is 23.3. The van der Waals surface area contributed by atoms with Gasteiger partial charge in [-0.05, 0) is 12.1 Å². The number of rotatable bonds is 4. The van der Waals surface area contributed by atoms with Gasteiger partial charge >= 0.3 is 0 Å². The van der Waals surface area contributed by atoms with Gasteiger partial charge in [0.25, 0.3) is 20.2 Å². The molecular weight excluding hydrogens is 480 g/mol. The maximum atomic E-state index is 12.9. The molecule has 3 aromatic rings. The molecule has 0 fully saturated rings. The molecule has 0 heterocycles. The van der Waals surface area contributed by atoms with Crippen molar-refractivity contribution < 1.29 is 50.5 Å². The van der Waals surface area contributed by atoms with Crippen LogP contribution in [0.4, 0.5) is 0 Å². The van der Waals surface area contributed by atoms with Gasteiger partial charge in [-0.25, -0.2) is 0 Å². The van der Waals surface area contributed by atoms with E-state index in [9.17, 15) is 45.7 Å². The Bertz CT molecular complexity index is 1590. The summed E-state index contributed by atoms with van der Waals surface area (Å²) >= 11 is 0. The lowest BCUT2D eigenvalue weighted by molar-refractivity contribution is 0.0973. The molecule has 0 radical (unpaired) electrons. The first-order valence-corrected chi connectivity index (χ1v) is 11.7. The summed E-state index contributed by atoms with van der Waals surface area (Å²) in [5.74, 6) is -4.09. The van der Waals surface area contributed by atoms with E-state index in [0.29, 0.717) is 12.1 Å². The third-order valence-corrected chi connectivity index (χ3v) is 6.75. The molecule has 4 N–H and O–H groups in total. The molecule has 0 aromatic heterocycles. The van der Waals surface area contributed by atoms with Crippen molar-refractivity contribution in [2.75, 3.05) is 0 Å². The lowest BCUT2D eigenvalue weighted by atomic mass is 9.83. The van der Waals surface area contributed by atoms with E-state index in [0.717, 1.165) is 12.1 Å². The van der Waals surface area contributed by atoms with Crippen LogP contribution < -0.4 is 4.74 Å². The van der Waals surface area contributed by atoms with Crippen LogP contribution in [0.25, 0.3) is 0 Å². The standard InChI is InChI=1S/C20H12O11S2/c21-12-8-13(31-9-5-6-14(32(25,26)27)15(7-9)33(28,29)30)20(24)17-16(12)18(22)10-3-1-2-4-11(10)19(17)23/h1-8,21,24H,(H,25,26,27)(H,28,29,30). The Hall–Kier alpha value is -3.78. The first-order chi connectivity index (χ1) is 15.3. The predicted molar refractivity (Wildman–Crippen MR) is 109 cm³/mol. The monoisotopic (exact) mass is 492 g/mol. The van der Waals surface area contributed by atoms with Gasteiger partial charge in [0.05, 0.1) is 11.1 Å². The van der Waals surface area contributed by atoms with Gasteiger partial charge in [-0.1, -0.05) is 24.3 Å². The number of phenols is 2. The lowest BCUT2D eigenvalue weighted by Crippen LogP contribution is -2.21. The maximum Gasteiger partial charge on any atom is 0.296 e. The SMILES string of the molecule is O=C1c2ccccc2C(=O)c2c(O)c(Oc3ccc(S(=O)(=O)O)c(S(=O)(=O)O)c3)cc(O)c21. The number of fused-ring (bicyclic) bond motifs is 2. The molecule has 4 rings (SSSR count). The molecule has 170 valence electrons. The fourth-order valence-corrected chi connectivity index (χ4v) is 5.18. The number of benzene rings is 3. The number of hydrogen-bond donors (Lipinski definition) is 4. The Morgan fingerprint density at radius 3 is 1.79 bits per heavy atom. The van der Waals surface area contributed by atoms with E-state index in [-0.39, 0.29) is 11.1 Å². The zero-order chi connectivity index (χ0) is 24.3. The van der Waals surface area contributed by atoms with Crippen LogP contribution >= 0.6 is 0 Å². The van der Waals surface area contributed by atoms with E-state index >= 15 is 0 Å². The molecule has 0 aliphatic heterocycles. The second-order valence-electron chi connectivity index (χ2n) is 6.86. The van der Waals surface area contributed by atoms with Gasteiger partial charge in [0.1, 0.15) is 21.3 Å². The maximum absolute atomic E-state index is 12.9. The predicted octanol–water partition coefficient (Wildman–Crippen LogP) is 2.16. The van der Waals surface area contributed by atoms with E-state index < -0.39 is 75.7 Å². The fourth-order valence-electron chi connectivity index (χ4n) is 3.41. The molecule has 0 saturated heterocycles. The quantitative estimate of drug-likeness (QED) is 0.241.